The lowest BCUT2D eigenvalue weighted by molar-refractivity contribution is -0.153. The van der Waals surface area contributed by atoms with Gasteiger partial charge in [-0.1, -0.05) is 12.2 Å². The van der Waals surface area contributed by atoms with Crippen molar-refractivity contribution in [3.63, 3.8) is 0 Å². The van der Waals surface area contributed by atoms with Crippen molar-refractivity contribution in [1.29, 1.82) is 0 Å². The first-order valence-corrected chi connectivity index (χ1v) is 7.45. The summed E-state index contributed by atoms with van der Waals surface area (Å²) in [5, 5.41) is 2.75. The predicted molar refractivity (Wildman–Crippen MR) is 71.8 cm³/mol. The molecule has 0 aromatic heterocycles. The van der Waals surface area contributed by atoms with Crippen LogP contribution in [0.4, 0.5) is 0 Å². The lowest BCUT2D eigenvalue weighted by Gasteiger charge is -2.16. The minimum atomic E-state index is -0.243. The molecule has 2 bridgehead atoms. The molecule has 20 heavy (non-hydrogen) atoms. The fourth-order valence-electron chi connectivity index (χ4n) is 3.38. The lowest BCUT2D eigenvalue weighted by Crippen LogP contribution is -2.35. The fraction of sp³-hybridized carbons (Fsp3) is 0.733. The maximum absolute atomic E-state index is 11.9. The van der Waals surface area contributed by atoms with Gasteiger partial charge in [-0.05, 0) is 37.5 Å². The molecule has 5 nitrogen and oxygen atoms in total. The van der Waals surface area contributed by atoms with Crippen LogP contribution in [0.15, 0.2) is 12.2 Å². The molecule has 3 aliphatic rings. The summed E-state index contributed by atoms with van der Waals surface area (Å²) >= 11 is 0. The summed E-state index contributed by atoms with van der Waals surface area (Å²) in [6.07, 6.45) is 8.37. The molecule has 0 aromatic carbocycles. The van der Waals surface area contributed by atoms with Crippen molar-refractivity contribution in [2.75, 3.05) is 19.8 Å². The molecule has 1 heterocycles. The van der Waals surface area contributed by atoms with Gasteiger partial charge in [0.15, 0.2) is 6.61 Å². The Labute approximate surface area is 118 Å². The summed E-state index contributed by atoms with van der Waals surface area (Å²) in [6.45, 7) is 1.10. The zero-order chi connectivity index (χ0) is 13.9. The molecule has 4 atom stereocenters. The van der Waals surface area contributed by atoms with Gasteiger partial charge in [0.2, 0.25) is 0 Å². The van der Waals surface area contributed by atoms with E-state index in [9.17, 15) is 9.59 Å². The number of ether oxygens (including phenoxy) is 2. The average Bonchev–Trinajstić information content (AvgIpc) is 3.18. The molecule has 0 radical (unpaired) electrons. The number of hydrogen-bond donors (Lipinski definition) is 1. The SMILES string of the molecule is O=C(COC(=O)C1CC2C=CC1C2)NCC1CCCO1. The monoisotopic (exact) mass is 279 g/mol. The first kappa shape index (κ1) is 13.6. The van der Waals surface area contributed by atoms with Gasteiger partial charge >= 0.3 is 5.97 Å². The minimum absolute atomic E-state index is 0.0454. The van der Waals surface area contributed by atoms with Crippen LogP contribution in [0.2, 0.25) is 0 Å². The summed E-state index contributed by atoms with van der Waals surface area (Å²) < 4.78 is 10.5. The van der Waals surface area contributed by atoms with Gasteiger partial charge < -0.3 is 14.8 Å². The van der Waals surface area contributed by atoms with E-state index in [0.717, 1.165) is 32.3 Å². The molecular weight excluding hydrogens is 258 g/mol. The van der Waals surface area contributed by atoms with Crippen molar-refractivity contribution in [1.82, 2.24) is 5.32 Å². The van der Waals surface area contributed by atoms with Gasteiger partial charge in [-0.25, -0.2) is 0 Å². The highest BCUT2D eigenvalue weighted by molar-refractivity contribution is 5.81. The smallest absolute Gasteiger partial charge is 0.310 e. The third kappa shape index (κ3) is 3.03. The zero-order valence-electron chi connectivity index (χ0n) is 11.5. The van der Waals surface area contributed by atoms with Gasteiger partial charge in [-0.3, -0.25) is 9.59 Å². The largest absolute Gasteiger partial charge is 0.455 e. The highest BCUT2D eigenvalue weighted by Gasteiger charge is 2.40. The summed E-state index contributed by atoms with van der Waals surface area (Å²) in [6, 6.07) is 0. The van der Waals surface area contributed by atoms with Crippen molar-refractivity contribution >= 4 is 11.9 Å². The Balaban J connectivity index is 1.35. The molecule has 1 saturated carbocycles. The highest BCUT2D eigenvalue weighted by Crippen LogP contribution is 2.43. The van der Waals surface area contributed by atoms with Gasteiger partial charge in [0.25, 0.3) is 5.91 Å². The number of nitrogens with one attached hydrogen (secondary N) is 1. The topological polar surface area (TPSA) is 64.6 Å². The first-order chi connectivity index (χ1) is 9.72. The van der Waals surface area contributed by atoms with E-state index >= 15 is 0 Å². The molecule has 3 rings (SSSR count). The molecule has 1 amide bonds. The number of carbonyl (C=O) groups excluding carboxylic acids is 2. The number of allylic oxidation sites excluding steroid dienone is 2. The van der Waals surface area contributed by atoms with E-state index in [1.165, 1.54) is 0 Å². The van der Waals surface area contributed by atoms with E-state index < -0.39 is 0 Å². The molecule has 110 valence electrons. The molecule has 0 aromatic rings. The zero-order valence-corrected chi connectivity index (χ0v) is 11.5. The van der Waals surface area contributed by atoms with Gasteiger partial charge in [0.1, 0.15) is 0 Å². The number of amides is 1. The van der Waals surface area contributed by atoms with E-state index in [-0.39, 0.29) is 30.5 Å². The fourth-order valence-corrected chi connectivity index (χ4v) is 3.38. The normalized spacial score (nSPS) is 34.4. The van der Waals surface area contributed by atoms with Crippen molar-refractivity contribution in [2.24, 2.45) is 17.8 Å². The second kappa shape index (κ2) is 5.95. The summed E-state index contributed by atoms with van der Waals surface area (Å²) in [5.74, 6) is 0.339. The highest BCUT2D eigenvalue weighted by atomic mass is 16.5. The van der Waals surface area contributed by atoms with Crippen LogP contribution in [0, 0.1) is 17.8 Å². The Morgan fingerprint density at radius 1 is 1.30 bits per heavy atom. The molecule has 1 saturated heterocycles. The van der Waals surface area contributed by atoms with E-state index in [1.807, 2.05) is 0 Å². The Morgan fingerprint density at radius 3 is 2.85 bits per heavy atom. The van der Waals surface area contributed by atoms with Crippen LogP contribution in [-0.4, -0.2) is 37.7 Å². The Bertz CT molecular complexity index is 414. The van der Waals surface area contributed by atoms with Gasteiger partial charge in [-0.15, -0.1) is 0 Å². The number of rotatable bonds is 5. The van der Waals surface area contributed by atoms with Crippen LogP contribution >= 0.6 is 0 Å². The first-order valence-electron chi connectivity index (χ1n) is 7.45. The molecule has 1 aliphatic heterocycles. The quantitative estimate of drug-likeness (QED) is 0.603. The number of esters is 1. The van der Waals surface area contributed by atoms with E-state index in [1.54, 1.807) is 0 Å². The van der Waals surface area contributed by atoms with Crippen LogP contribution in [0.25, 0.3) is 0 Å². The third-order valence-corrected chi connectivity index (χ3v) is 4.48. The standard InChI is InChI=1S/C15H21NO4/c17-14(16-8-12-2-1-5-19-12)9-20-15(18)13-7-10-3-4-11(13)6-10/h3-4,10-13H,1-2,5-9H2,(H,16,17). The minimum Gasteiger partial charge on any atom is -0.455 e. The molecule has 2 fully saturated rings. The van der Waals surface area contributed by atoms with Gasteiger partial charge in [0, 0.05) is 13.2 Å². The molecule has 0 spiro atoms. The Hall–Kier alpha value is -1.36. The Morgan fingerprint density at radius 2 is 2.20 bits per heavy atom. The van der Waals surface area contributed by atoms with Gasteiger partial charge in [-0.2, -0.15) is 0 Å². The van der Waals surface area contributed by atoms with E-state index in [2.05, 4.69) is 17.5 Å². The molecule has 5 heteroatoms. The maximum atomic E-state index is 11.9. The maximum Gasteiger partial charge on any atom is 0.310 e. The molecule has 4 unspecified atom stereocenters. The van der Waals surface area contributed by atoms with Crippen LogP contribution in [0.5, 0.6) is 0 Å². The molecule has 1 N–H and O–H groups in total. The van der Waals surface area contributed by atoms with Crippen LogP contribution in [0.3, 0.4) is 0 Å². The Kier molecular flexibility index (Phi) is 4.05. The second-order valence-electron chi connectivity index (χ2n) is 5.93. The third-order valence-electron chi connectivity index (χ3n) is 4.48. The van der Waals surface area contributed by atoms with Gasteiger partial charge in [0.05, 0.1) is 12.0 Å². The van der Waals surface area contributed by atoms with Crippen LogP contribution < -0.4 is 5.32 Å². The summed E-state index contributed by atoms with van der Waals surface area (Å²) in [7, 11) is 0. The van der Waals surface area contributed by atoms with Crippen LogP contribution in [0.1, 0.15) is 25.7 Å². The van der Waals surface area contributed by atoms with E-state index in [4.69, 9.17) is 9.47 Å². The van der Waals surface area contributed by atoms with Crippen molar-refractivity contribution < 1.29 is 19.1 Å². The number of carbonyl (C=O) groups is 2. The second-order valence-corrected chi connectivity index (χ2v) is 5.93. The summed E-state index contributed by atoms with van der Waals surface area (Å²) in [4.78, 5) is 23.6. The number of hydrogen-bond acceptors (Lipinski definition) is 4. The number of fused-ring (bicyclic) bond motifs is 2. The van der Waals surface area contributed by atoms with Crippen LogP contribution in [-0.2, 0) is 19.1 Å². The van der Waals surface area contributed by atoms with E-state index in [0.29, 0.717) is 18.4 Å². The lowest BCUT2D eigenvalue weighted by atomic mass is 9.94. The molecule has 2 aliphatic carbocycles. The van der Waals surface area contributed by atoms with Crippen molar-refractivity contribution in [3.05, 3.63) is 12.2 Å². The molecular formula is C15H21NO4. The summed E-state index contributed by atoms with van der Waals surface area (Å²) in [5.41, 5.74) is 0. The van der Waals surface area contributed by atoms with Crippen molar-refractivity contribution in [2.45, 2.75) is 31.8 Å². The average molecular weight is 279 g/mol. The predicted octanol–water partition coefficient (Wildman–Crippen LogP) is 1.04. The van der Waals surface area contributed by atoms with Crippen molar-refractivity contribution in [3.8, 4) is 0 Å².